The van der Waals surface area contributed by atoms with Crippen LogP contribution in [0.5, 0.6) is 5.88 Å². The van der Waals surface area contributed by atoms with E-state index in [0.717, 1.165) is 25.7 Å². The smallest absolute Gasteiger partial charge is 0.259 e. The van der Waals surface area contributed by atoms with E-state index >= 15 is 0 Å². The van der Waals surface area contributed by atoms with Crippen LogP contribution in [0.4, 0.5) is 0 Å². The molecule has 8 heteroatoms. The van der Waals surface area contributed by atoms with Crippen molar-refractivity contribution < 1.29 is 18.8 Å². The maximum Gasteiger partial charge on any atom is 0.259 e. The lowest BCUT2D eigenvalue weighted by atomic mass is 10.1. The zero-order chi connectivity index (χ0) is 17.6. The van der Waals surface area contributed by atoms with Gasteiger partial charge in [0.25, 0.3) is 11.8 Å². The summed E-state index contributed by atoms with van der Waals surface area (Å²) in [5.41, 5.74) is 0.442. The van der Waals surface area contributed by atoms with Crippen molar-refractivity contribution in [1.82, 2.24) is 20.0 Å². The minimum absolute atomic E-state index is 0.130. The van der Waals surface area contributed by atoms with Gasteiger partial charge in [0.05, 0.1) is 13.2 Å². The molecule has 25 heavy (non-hydrogen) atoms. The van der Waals surface area contributed by atoms with E-state index in [1.54, 1.807) is 30.3 Å². The Balaban J connectivity index is 1.90. The number of amides is 1. The Kier molecular flexibility index (Phi) is 5.60. The first-order valence-electron chi connectivity index (χ1n) is 8.36. The number of pyridine rings is 1. The molecule has 1 atom stereocenters. The third-order valence-electron chi connectivity index (χ3n) is 4.26. The Morgan fingerprint density at radius 3 is 3.04 bits per heavy atom. The van der Waals surface area contributed by atoms with Crippen molar-refractivity contribution >= 4 is 5.91 Å². The lowest BCUT2D eigenvalue weighted by Gasteiger charge is -2.28. The summed E-state index contributed by atoms with van der Waals surface area (Å²) in [4.78, 5) is 23.5. The molecule has 3 rings (SSSR count). The second-order valence-corrected chi connectivity index (χ2v) is 5.90. The number of carbonyl (C=O) groups excluding carboxylic acids is 1. The van der Waals surface area contributed by atoms with Gasteiger partial charge in [0.2, 0.25) is 5.88 Å². The molecule has 8 nitrogen and oxygen atoms in total. The van der Waals surface area contributed by atoms with Crippen LogP contribution in [-0.2, 0) is 11.3 Å². The fraction of sp³-hybridized carbons (Fsp3) is 0.529. The zero-order valence-corrected chi connectivity index (χ0v) is 14.5. The third kappa shape index (κ3) is 3.79. The summed E-state index contributed by atoms with van der Waals surface area (Å²) < 4.78 is 15.5. The summed E-state index contributed by atoms with van der Waals surface area (Å²) >= 11 is 0. The molecule has 1 saturated heterocycles. The number of likely N-dealkylation sites (tertiary alicyclic amines) is 1. The van der Waals surface area contributed by atoms with Gasteiger partial charge in [-0.15, -0.1) is 0 Å². The van der Waals surface area contributed by atoms with E-state index in [0.29, 0.717) is 29.7 Å². The summed E-state index contributed by atoms with van der Waals surface area (Å²) in [5, 5.41) is 4.06. The first kappa shape index (κ1) is 17.3. The minimum atomic E-state index is -0.228. The van der Waals surface area contributed by atoms with Gasteiger partial charge in [-0.1, -0.05) is 18.0 Å². The Bertz CT molecular complexity index is 718. The van der Waals surface area contributed by atoms with Crippen LogP contribution in [0.25, 0.3) is 0 Å². The molecule has 0 unspecified atom stereocenters. The van der Waals surface area contributed by atoms with Gasteiger partial charge in [-0.25, -0.2) is 4.98 Å². The van der Waals surface area contributed by atoms with E-state index < -0.39 is 0 Å². The van der Waals surface area contributed by atoms with E-state index in [4.69, 9.17) is 14.0 Å². The van der Waals surface area contributed by atoms with Gasteiger partial charge in [-0.05, 0) is 25.0 Å². The minimum Gasteiger partial charge on any atom is -0.480 e. The molecule has 0 bridgehead atoms. The van der Waals surface area contributed by atoms with Crippen molar-refractivity contribution in [3.63, 3.8) is 0 Å². The molecule has 3 heterocycles. The summed E-state index contributed by atoms with van der Waals surface area (Å²) in [5.74, 6) is 1.12. The average molecular weight is 346 g/mol. The zero-order valence-electron chi connectivity index (χ0n) is 14.5. The van der Waals surface area contributed by atoms with Crippen LogP contribution in [0.15, 0.2) is 22.9 Å². The van der Waals surface area contributed by atoms with Crippen LogP contribution in [-0.4, -0.2) is 46.7 Å². The first-order valence-corrected chi connectivity index (χ1v) is 8.36. The summed E-state index contributed by atoms with van der Waals surface area (Å²) in [7, 11) is 3.08. The lowest BCUT2D eigenvalue weighted by molar-refractivity contribution is 0.0666. The van der Waals surface area contributed by atoms with Gasteiger partial charge in [-0.3, -0.25) is 4.79 Å². The van der Waals surface area contributed by atoms with Crippen molar-refractivity contribution in [2.75, 3.05) is 20.8 Å². The Morgan fingerprint density at radius 2 is 2.24 bits per heavy atom. The van der Waals surface area contributed by atoms with Crippen molar-refractivity contribution in [1.29, 1.82) is 0 Å². The van der Waals surface area contributed by atoms with E-state index in [1.807, 2.05) is 0 Å². The van der Waals surface area contributed by atoms with Crippen molar-refractivity contribution in [3.05, 3.63) is 35.6 Å². The number of ether oxygens (including phenoxy) is 2. The molecule has 2 aromatic heterocycles. The standard InChI is InChI=1S/C17H22N4O4/c1-23-11-14-19-15(20-25-14)13-8-4-3-5-10-21(13)17(22)12-7-6-9-18-16(12)24-2/h6-7,9,13H,3-5,8,10-11H2,1-2H3/t13-/m1/s1. The molecule has 0 spiro atoms. The largest absolute Gasteiger partial charge is 0.480 e. The number of hydrogen-bond acceptors (Lipinski definition) is 7. The molecule has 1 amide bonds. The van der Waals surface area contributed by atoms with E-state index in [1.165, 1.54) is 7.11 Å². The highest BCUT2D eigenvalue weighted by molar-refractivity contribution is 5.96. The lowest BCUT2D eigenvalue weighted by Crippen LogP contribution is -2.35. The number of carbonyl (C=O) groups is 1. The molecular formula is C17H22N4O4. The van der Waals surface area contributed by atoms with E-state index in [-0.39, 0.29) is 18.6 Å². The van der Waals surface area contributed by atoms with Gasteiger partial charge < -0.3 is 18.9 Å². The van der Waals surface area contributed by atoms with Crippen LogP contribution in [0, 0.1) is 0 Å². The molecule has 1 fully saturated rings. The monoisotopic (exact) mass is 346 g/mol. The maximum absolute atomic E-state index is 13.1. The van der Waals surface area contributed by atoms with Gasteiger partial charge in [-0.2, -0.15) is 4.98 Å². The number of hydrogen-bond donors (Lipinski definition) is 0. The third-order valence-corrected chi connectivity index (χ3v) is 4.26. The van der Waals surface area contributed by atoms with E-state index in [9.17, 15) is 4.79 Å². The Hall–Kier alpha value is -2.48. The molecule has 1 aliphatic heterocycles. The number of nitrogens with zero attached hydrogens (tertiary/aromatic N) is 4. The molecule has 0 aromatic carbocycles. The highest BCUT2D eigenvalue weighted by Gasteiger charge is 2.32. The molecule has 0 N–H and O–H groups in total. The molecule has 1 aliphatic rings. The van der Waals surface area contributed by atoms with Crippen molar-refractivity contribution in [2.24, 2.45) is 0 Å². The van der Waals surface area contributed by atoms with Crippen molar-refractivity contribution in [2.45, 2.75) is 38.3 Å². The van der Waals surface area contributed by atoms with Crippen LogP contribution < -0.4 is 4.74 Å². The molecule has 2 aromatic rings. The quantitative estimate of drug-likeness (QED) is 0.821. The van der Waals surface area contributed by atoms with Crippen LogP contribution in [0.1, 0.15) is 53.8 Å². The molecule has 0 saturated carbocycles. The highest BCUT2D eigenvalue weighted by Crippen LogP contribution is 2.31. The predicted molar refractivity (Wildman–Crippen MR) is 88.0 cm³/mol. The first-order chi connectivity index (χ1) is 12.2. The Morgan fingerprint density at radius 1 is 1.36 bits per heavy atom. The summed E-state index contributed by atoms with van der Waals surface area (Å²) in [6, 6.07) is 3.23. The van der Waals surface area contributed by atoms with E-state index in [2.05, 4.69) is 15.1 Å². The Labute approximate surface area is 146 Å². The van der Waals surface area contributed by atoms with Crippen LogP contribution in [0.3, 0.4) is 0 Å². The van der Waals surface area contributed by atoms with Gasteiger partial charge in [0.1, 0.15) is 12.2 Å². The average Bonchev–Trinajstić information content (AvgIpc) is 2.96. The fourth-order valence-corrected chi connectivity index (χ4v) is 3.08. The molecule has 0 radical (unpaired) electrons. The normalized spacial score (nSPS) is 18.0. The number of aromatic nitrogens is 3. The second kappa shape index (κ2) is 8.06. The maximum atomic E-state index is 13.1. The SMILES string of the molecule is COCc1nc([C@H]2CCCCCN2C(=O)c2cccnc2OC)no1. The predicted octanol–water partition coefficient (Wildman–Crippen LogP) is 2.38. The molecule has 134 valence electrons. The van der Waals surface area contributed by atoms with Gasteiger partial charge in [0, 0.05) is 19.9 Å². The molecular weight excluding hydrogens is 324 g/mol. The summed E-state index contributed by atoms with van der Waals surface area (Å²) in [6.07, 6.45) is 5.40. The van der Waals surface area contributed by atoms with Crippen molar-refractivity contribution in [3.8, 4) is 5.88 Å². The van der Waals surface area contributed by atoms with Crippen LogP contribution in [0.2, 0.25) is 0 Å². The number of methoxy groups -OCH3 is 2. The number of rotatable bonds is 5. The highest BCUT2D eigenvalue weighted by atomic mass is 16.5. The van der Waals surface area contributed by atoms with Gasteiger partial charge in [0.15, 0.2) is 5.82 Å². The van der Waals surface area contributed by atoms with Crippen LogP contribution >= 0.6 is 0 Å². The molecule has 0 aliphatic carbocycles. The topological polar surface area (TPSA) is 90.6 Å². The fourth-order valence-electron chi connectivity index (χ4n) is 3.08. The second-order valence-electron chi connectivity index (χ2n) is 5.90. The van der Waals surface area contributed by atoms with Gasteiger partial charge >= 0.3 is 0 Å². The summed E-state index contributed by atoms with van der Waals surface area (Å²) in [6.45, 7) is 0.889.